The average molecular weight is 281 g/mol. The lowest BCUT2D eigenvalue weighted by molar-refractivity contribution is 0.0236. The van der Waals surface area contributed by atoms with E-state index in [0.717, 1.165) is 11.8 Å². The topological polar surface area (TPSA) is 32.5 Å². The van der Waals surface area contributed by atoms with Crippen molar-refractivity contribution >= 4 is 0 Å². The van der Waals surface area contributed by atoms with Crippen molar-refractivity contribution in [3.63, 3.8) is 0 Å². The van der Waals surface area contributed by atoms with Crippen LogP contribution >= 0.6 is 0 Å². The molecule has 1 heterocycles. The maximum atomic E-state index is 6.41. The molecule has 1 saturated carbocycles. The fourth-order valence-electron chi connectivity index (χ4n) is 4.09. The van der Waals surface area contributed by atoms with E-state index in [9.17, 15) is 0 Å². The van der Waals surface area contributed by atoms with Gasteiger partial charge in [0.2, 0.25) is 0 Å². The number of hydrogen-bond donors (Lipinski definition) is 1. The molecule has 2 N–H and O–H groups in total. The van der Waals surface area contributed by atoms with E-state index in [-0.39, 0.29) is 0 Å². The van der Waals surface area contributed by atoms with Crippen LogP contribution in [0, 0.1) is 11.8 Å². The Hall–Kier alpha value is -0.120. The van der Waals surface area contributed by atoms with Crippen molar-refractivity contribution in [3.8, 4) is 0 Å². The van der Waals surface area contributed by atoms with E-state index in [4.69, 9.17) is 5.73 Å². The van der Waals surface area contributed by atoms with Crippen LogP contribution in [0.2, 0.25) is 0 Å². The molecular weight excluding hydrogens is 246 g/mol. The van der Waals surface area contributed by atoms with Crippen LogP contribution < -0.4 is 5.73 Å². The minimum Gasteiger partial charge on any atom is -0.327 e. The van der Waals surface area contributed by atoms with Crippen LogP contribution in [0.25, 0.3) is 0 Å². The highest BCUT2D eigenvalue weighted by molar-refractivity contribution is 4.91. The Morgan fingerprint density at radius 1 is 1.20 bits per heavy atom. The van der Waals surface area contributed by atoms with Gasteiger partial charge in [0.15, 0.2) is 0 Å². The average Bonchev–Trinajstić information content (AvgIpc) is 2.38. The lowest BCUT2D eigenvalue weighted by Gasteiger charge is -2.47. The highest BCUT2D eigenvalue weighted by atomic mass is 15.3. The molecule has 3 atom stereocenters. The van der Waals surface area contributed by atoms with E-state index >= 15 is 0 Å². The van der Waals surface area contributed by atoms with Crippen LogP contribution in [-0.4, -0.2) is 54.6 Å². The van der Waals surface area contributed by atoms with Gasteiger partial charge in [-0.25, -0.2) is 0 Å². The summed E-state index contributed by atoms with van der Waals surface area (Å²) in [6.07, 6.45) is 6.69. The van der Waals surface area contributed by atoms with Gasteiger partial charge in [-0.15, -0.1) is 0 Å². The molecule has 1 aliphatic carbocycles. The molecule has 3 nitrogen and oxygen atoms in total. The summed E-state index contributed by atoms with van der Waals surface area (Å²) < 4.78 is 0. The maximum absolute atomic E-state index is 6.41. The Balaban J connectivity index is 1.88. The zero-order valence-corrected chi connectivity index (χ0v) is 14.1. The van der Waals surface area contributed by atoms with E-state index in [1.807, 2.05) is 0 Å². The van der Waals surface area contributed by atoms with Crippen molar-refractivity contribution in [2.45, 2.75) is 64.5 Å². The molecule has 0 amide bonds. The third kappa shape index (κ3) is 3.96. The molecule has 20 heavy (non-hydrogen) atoms. The number of nitrogens with zero attached hydrogens (tertiary/aromatic N) is 2. The van der Waals surface area contributed by atoms with Gasteiger partial charge < -0.3 is 5.73 Å². The van der Waals surface area contributed by atoms with E-state index in [2.05, 4.69) is 37.6 Å². The molecule has 0 aromatic heterocycles. The van der Waals surface area contributed by atoms with Crippen LogP contribution in [-0.2, 0) is 0 Å². The molecular formula is C17H35N3. The molecule has 3 heteroatoms. The van der Waals surface area contributed by atoms with Crippen molar-refractivity contribution in [2.24, 2.45) is 17.6 Å². The predicted octanol–water partition coefficient (Wildman–Crippen LogP) is 2.56. The summed E-state index contributed by atoms with van der Waals surface area (Å²) in [5, 5.41) is 0. The fourth-order valence-corrected chi connectivity index (χ4v) is 4.09. The highest BCUT2D eigenvalue weighted by Crippen LogP contribution is 2.32. The zero-order chi connectivity index (χ0) is 14.8. The zero-order valence-electron chi connectivity index (χ0n) is 14.1. The van der Waals surface area contributed by atoms with Crippen molar-refractivity contribution in [1.29, 1.82) is 0 Å². The molecule has 1 aliphatic heterocycles. The van der Waals surface area contributed by atoms with Crippen molar-refractivity contribution < 1.29 is 0 Å². The van der Waals surface area contributed by atoms with Gasteiger partial charge in [-0.3, -0.25) is 9.80 Å². The largest absolute Gasteiger partial charge is 0.327 e. The molecule has 0 bridgehead atoms. The van der Waals surface area contributed by atoms with Crippen LogP contribution in [0.3, 0.4) is 0 Å². The minimum atomic E-state index is 0.305. The summed E-state index contributed by atoms with van der Waals surface area (Å²) >= 11 is 0. The summed E-state index contributed by atoms with van der Waals surface area (Å²) in [6, 6.07) is 0.436. The van der Waals surface area contributed by atoms with Crippen molar-refractivity contribution in [2.75, 3.05) is 33.2 Å². The number of likely N-dealkylation sites (N-methyl/N-ethyl adjacent to an activating group) is 1. The highest BCUT2D eigenvalue weighted by Gasteiger charge is 2.34. The van der Waals surface area contributed by atoms with Gasteiger partial charge in [0.25, 0.3) is 0 Å². The number of hydrogen-bond acceptors (Lipinski definition) is 3. The Morgan fingerprint density at radius 3 is 2.60 bits per heavy atom. The van der Waals surface area contributed by atoms with Crippen LogP contribution in [0.15, 0.2) is 0 Å². The lowest BCUT2D eigenvalue weighted by Crippen LogP contribution is -2.59. The molecule has 0 aromatic rings. The van der Waals surface area contributed by atoms with E-state index in [0.29, 0.717) is 11.6 Å². The van der Waals surface area contributed by atoms with E-state index in [1.54, 1.807) is 0 Å². The van der Waals surface area contributed by atoms with Crippen molar-refractivity contribution in [1.82, 2.24) is 9.80 Å². The molecule has 1 saturated heterocycles. The lowest BCUT2D eigenvalue weighted by atomic mass is 9.76. The summed E-state index contributed by atoms with van der Waals surface area (Å²) in [6.45, 7) is 11.8. The molecule has 0 radical (unpaired) electrons. The first-order valence-corrected chi connectivity index (χ1v) is 8.61. The van der Waals surface area contributed by atoms with Gasteiger partial charge in [-0.2, -0.15) is 0 Å². The molecule has 0 spiro atoms. The quantitative estimate of drug-likeness (QED) is 0.859. The summed E-state index contributed by atoms with van der Waals surface area (Å²) in [5.41, 5.74) is 6.72. The Kier molecular flexibility index (Phi) is 5.49. The minimum absolute atomic E-state index is 0.305. The van der Waals surface area contributed by atoms with Gasteiger partial charge in [0, 0.05) is 37.8 Å². The van der Waals surface area contributed by atoms with Crippen LogP contribution in [0.4, 0.5) is 0 Å². The van der Waals surface area contributed by atoms with Gasteiger partial charge in [-0.1, -0.05) is 19.8 Å². The third-order valence-electron chi connectivity index (χ3n) is 5.74. The van der Waals surface area contributed by atoms with Crippen LogP contribution in [0.5, 0.6) is 0 Å². The summed E-state index contributed by atoms with van der Waals surface area (Å²) in [4.78, 5) is 5.16. The Labute approximate surface area is 125 Å². The van der Waals surface area contributed by atoms with Gasteiger partial charge in [0.1, 0.15) is 0 Å². The third-order valence-corrected chi connectivity index (χ3v) is 5.74. The second kappa shape index (κ2) is 6.76. The normalized spacial score (nSPS) is 36.1. The summed E-state index contributed by atoms with van der Waals surface area (Å²) in [7, 11) is 2.25. The second-order valence-corrected chi connectivity index (χ2v) is 7.86. The standard InChI is InChI=1S/C17H35N3/c1-5-6-14-7-8-16(18)15(11-14)12-20-10-9-19(4)17(2,3)13-20/h14-16H,5-13,18H2,1-4H3. The molecule has 2 rings (SSSR count). The SMILES string of the molecule is CCCC1CCC(N)C(CN2CCN(C)C(C)(C)C2)C1. The molecule has 2 fully saturated rings. The molecule has 118 valence electrons. The monoisotopic (exact) mass is 281 g/mol. The predicted molar refractivity (Wildman–Crippen MR) is 86.9 cm³/mol. The Bertz CT molecular complexity index is 303. The molecule has 0 aromatic carbocycles. The van der Waals surface area contributed by atoms with E-state index in [1.165, 1.54) is 58.3 Å². The first kappa shape index (κ1) is 16.3. The Morgan fingerprint density at radius 2 is 1.95 bits per heavy atom. The summed E-state index contributed by atoms with van der Waals surface area (Å²) in [5.74, 6) is 1.66. The maximum Gasteiger partial charge on any atom is 0.0277 e. The second-order valence-electron chi connectivity index (χ2n) is 7.86. The first-order valence-electron chi connectivity index (χ1n) is 8.61. The van der Waals surface area contributed by atoms with Crippen molar-refractivity contribution in [3.05, 3.63) is 0 Å². The molecule has 2 aliphatic rings. The van der Waals surface area contributed by atoms with Gasteiger partial charge in [0.05, 0.1) is 0 Å². The van der Waals surface area contributed by atoms with Gasteiger partial charge >= 0.3 is 0 Å². The molecule has 3 unspecified atom stereocenters. The number of piperazine rings is 1. The fraction of sp³-hybridized carbons (Fsp3) is 1.00. The van der Waals surface area contributed by atoms with Crippen LogP contribution in [0.1, 0.15) is 52.9 Å². The first-order chi connectivity index (χ1) is 9.42. The smallest absolute Gasteiger partial charge is 0.0277 e. The van der Waals surface area contributed by atoms with Gasteiger partial charge in [-0.05, 0) is 52.0 Å². The number of nitrogens with two attached hydrogens (primary N) is 1. The van der Waals surface area contributed by atoms with E-state index < -0.39 is 0 Å². The number of rotatable bonds is 4.